The fourth-order valence-electron chi connectivity index (χ4n) is 5.39. The van der Waals surface area contributed by atoms with E-state index in [9.17, 15) is 39.9 Å². The number of fused-ring (bicyclic) bond motifs is 1. The van der Waals surface area contributed by atoms with Gasteiger partial charge in [0.2, 0.25) is 0 Å². The molecule has 3 rings (SSSR count). The number of nitrogens with two attached hydrogens (primary N) is 2. The number of hydrogen-bond donors (Lipinski definition) is 2. The van der Waals surface area contributed by atoms with Gasteiger partial charge < -0.3 is 30.1 Å². The van der Waals surface area contributed by atoms with E-state index in [-0.39, 0.29) is 17.8 Å². The minimum absolute atomic E-state index is 0.0174. The molecular weight excluding hydrogens is 740 g/mol. The lowest BCUT2D eigenvalue weighted by molar-refractivity contribution is -0.574. The number of alkyl halides is 8. The second-order valence-electron chi connectivity index (χ2n) is 14.4. The van der Waals surface area contributed by atoms with Gasteiger partial charge in [-0.2, -0.15) is 17.6 Å². The Morgan fingerprint density at radius 2 is 1.39 bits per heavy atom. The number of aryl methyl sites for hydroxylation is 1. The number of benzene rings is 2. The molecule has 3 aromatic rings. The molecular formula is C36H46F8N2O8. The lowest BCUT2D eigenvalue weighted by Gasteiger charge is -2.42. The third-order valence-electron chi connectivity index (χ3n) is 8.40. The Bertz CT molecular complexity index is 1720. The maximum Gasteiger partial charge on any atom is 0.496 e. The smallest absolute Gasteiger partial charge is 0.496 e. The molecule has 4 N–H and O–H groups in total. The van der Waals surface area contributed by atoms with Crippen LogP contribution in [0.3, 0.4) is 0 Å². The van der Waals surface area contributed by atoms with Gasteiger partial charge in [0.05, 0.1) is 18.1 Å². The molecule has 0 aliphatic rings. The van der Waals surface area contributed by atoms with E-state index in [4.69, 9.17) is 25.4 Å². The number of rotatable bonds is 21. The Morgan fingerprint density at radius 1 is 0.778 bits per heavy atom. The van der Waals surface area contributed by atoms with E-state index in [2.05, 4.69) is 25.9 Å². The fraction of sp³-hybridized carbons (Fsp3) is 0.583. The molecule has 0 saturated heterocycles. The van der Waals surface area contributed by atoms with Gasteiger partial charge in [-0.05, 0) is 89.8 Å². The number of halogens is 8. The summed E-state index contributed by atoms with van der Waals surface area (Å²) >= 11 is 0. The lowest BCUT2D eigenvalue weighted by atomic mass is 9.68. The number of carbonyl (C=O) groups excluding carboxylic acids is 1. The number of carbonyl (C=O) groups is 1. The Kier molecular flexibility index (Phi) is 13.7. The summed E-state index contributed by atoms with van der Waals surface area (Å²) in [5, 5.41) is 0.514. The van der Waals surface area contributed by atoms with Crippen LogP contribution in [0, 0.1) is 5.41 Å². The molecule has 18 heteroatoms. The van der Waals surface area contributed by atoms with Gasteiger partial charge in [0.25, 0.3) is 0 Å². The third kappa shape index (κ3) is 12.7. The summed E-state index contributed by atoms with van der Waals surface area (Å²) in [5.74, 6) is -0.816. The van der Waals surface area contributed by atoms with Crippen molar-refractivity contribution in [3.05, 3.63) is 48.0 Å². The minimum atomic E-state index is -5.95. The molecule has 0 bridgehead atoms. The molecule has 0 spiro atoms. The average molecular weight is 787 g/mol. The molecule has 54 heavy (non-hydrogen) atoms. The quantitative estimate of drug-likeness (QED) is 0.0466. The number of ether oxygens (including phenoxy) is 6. The first-order valence-electron chi connectivity index (χ1n) is 16.8. The van der Waals surface area contributed by atoms with Gasteiger partial charge in [0.1, 0.15) is 22.8 Å². The van der Waals surface area contributed by atoms with Crippen molar-refractivity contribution in [3.8, 4) is 22.8 Å². The van der Waals surface area contributed by atoms with Gasteiger partial charge in [-0.25, -0.2) is 14.2 Å². The summed E-state index contributed by atoms with van der Waals surface area (Å²) < 4.78 is 143. The van der Waals surface area contributed by atoms with Gasteiger partial charge in [-0.3, -0.25) is 4.79 Å². The van der Waals surface area contributed by atoms with E-state index in [1.165, 1.54) is 46.1 Å². The molecule has 1 aromatic heterocycles. The summed E-state index contributed by atoms with van der Waals surface area (Å²) in [6.45, 7) is 4.90. The van der Waals surface area contributed by atoms with Crippen LogP contribution in [0.25, 0.3) is 22.3 Å². The molecule has 1 atom stereocenters. The number of furan rings is 1. The van der Waals surface area contributed by atoms with Crippen LogP contribution in [0.2, 0.25) is 0 Å². The molecule has 0 saturated carbocycles. The Morgan fingerprint density at radius 3 is 1.96 bits per heavy atom. The molecule has 1 unspecified atom stereocenters. The highest BCUT2D eigenvalue weighted by molar-refractivity contribution is 5.85. The maximum atomic E-state index is 14.3. The molecule has 304 valence electrons. The first kappa shape index (κ1) is 44.7. The SMILES string of the molecule is CCCCCc1ccc(-c2cc3ccc(OCC(F)(F)OC(F)(F)OC(F)(F)OC(F)(F)COC(=O)C(C)(C)C(C)(N)CC(C)(C)N)cc3o2)c(OC)c1. The second kappa shape index (κ2) is 16.6. The molecule has 10 nitrogen and oxygen atoms in total. The van der Waals surface area contributed by atoms with Gasteiger partial charge in [0.15, 0.2) is 13.2 Å². The maximum absolute atomic E-state index is 14.3. The van der Waals surface area contributed by atoms with Crippen LogP contribution in [0.4, 0.5) is 35.1 Å². The first-order chi connectivity index (χ1) is 24.6. The van der Waals surface area contributed by atoms with Gasteiger partial charge in [-0.1, -0.05) is 25.8 Å². The van der Waals surface area contributed by atoms with Crippen molar-refractivity contribution in [1.82, 2.24) is 0 Å². The molecule has 0 aliphatic carbocycles. The van der Waals surface area contributed by atoms with Crippen molar-refractivity contribution in [2.45, 2.75) is 110 Å². The van der Waals surface area contributed by atoms with Gasteiger partial charge >= 0.3 is 30.8 Å². The van der Waals surface area contributed by atoms with Crippen molar-refractivity contribution in [2.24, 2.45) is 16.9 Å². The Hall–Kier alpha value is -3.71. The highest BCUT2D eigenvalue weighted by atomic mass is 19.3. The van der Waals surface area contributed by atoms with E-state index in [0.717, 1.165) is 31.2 Å². The first-order valence-corrected chi connectivity index (χ1v) is 16.8. The van der Waals surface area contributed by atoms with E-state index >= 15 is 0 Å². The molecule has 0 fully saturated rings. The van der Waals surface area contributed by atoms with Crippen LogP contribution in [0.5, 0.6) is 11.5 Å². The lowest BCUT2D eigenvalue weighted by Crippen LogP contribution is -2.59. The standard InChI is InChI=1S/C36H46F8N2O8/c1-8-9-10-11-22-12-15-25(27(16-22)48-7)28-17-23-13-14-24(18-26(23)51-28)49-20-33(37,38)52-35(41,42)54-36(43,44)53-34(39,40)21-50-29(47)31(4,5)32(6,46)19-30(2,3)45/h12-18H,8-11,19-21,45-46H2,1-7H3. The van der Waals surface area contributed by atoms with Crippen LogP contribution >= 0.6 is 0 Å². The number of hydrogen-bond acceptors (Lipinski definition) is 10. The van der Waals surface area contributed by atoms with Gasteiger partial charge in [-0.15, -0.1) is 17.6 Å². The molecule has 0 radical (unpaired) electrons. The second-order valence-corrected chi connectivity index (χ2v) is 14.4. The van der Waals surface area contributed by atoms with Crippen molar-refractivity contribution < 1.29 is 72.8 Å². The molecule has 0 amide bonds. The van der Waals surface area contributed by atoms with Crippen LogP contribution in [-0.2, 0) is 30.2 Å². The van der Waals surface area contributed by atoms with Crippen molar-refractivity contribution >= 4 is 16.9 Å². The molecule has 1 heterocycles. The van der Waals surface area contributed by atoms with Crippen molar-refractivity contribution in [3.63, 3.8) is 0 Å². The monoisotopic (exact) mass is 786 g/mol. The Balaban J connectivity index is 1.60. The highest BCUT2D eigenvalue weighted by Crippen LogP contribution is 2.40. The zero-order valence-corrected chi connectivity index (χ0v) is 30.9. The van der Waals surface area contributed by atoms with Crippen molar-refractivity contribution in [1.29, 1.82) is 0 Å². The summed E-state index contributed by atoms with van der Waals surface area (Å²) in [6.07, 6.45) is -18.1. The minimum Gasteiger partial charge on any atom is -0.496 e. The normalized spacial score (nSPS) is 14.6. The highest BCUT2D eigenvalue weighted by Gasteiger charge is 2.57. The zero-order valence-electron chi connectivity index (χ0n) is 30.9. The number of unbranched alkanes of at least 4 members (excludes halogenated alkanes) is 2. The van der Waals surface area contributed by atoms with Crippen molar-refractivity contribution in [2.75, 3.05) is 20.3 Å². The summed E-state index contributed by atoms with van der Waals surface area (Å²) in [5.41, 5.74) is 9.80. The van der Waals surface area contributed by atoms with Crippen LogP contribution in [0.1, 0.15) is 72.8 Å². The van der Waals surface area contributed by atoms with E-state index in [1.54, 1.807) is 19.9 Å². The molecule has 0 aliphatic heterocycles. The topological polar surface area (TPSA) is 138 Å². The summed E-state index contributed by atoms with van der Waals surface area (Å²) in [6, 6.07) is 11.1. The predicted octanol–water partition coefficient (Wildman–Crippen LogP) is 8.97. The Labute approximate surface area is 307 Å². The van der Waals surface area contributed by atoms with Crippen LogP contribution in [0.15, 0.2) is 46.9 Å². The fourth-order valence-corrected chi connectivity index (χ4v) is 5.39. The van der Waals surface area contributed by atoms with E-state index in [0.29, 0.717) is 22.5 Å². The largest absolute Gasteiger partial charge is 0.496 e. The predicted molar refractivity (Wildman–Crippen MR) is 180 cm³/mol. The van der Waals surface area contributed by atoms with E-state index < -0.39 is 60.5 Å². The number of methoxy groups -OCH3 is 1. The average Bonchev–Trinajstić information content (AvgIpc) is 3.43. The number of esters is 1. The summed E-state index contributed by atoms with van der Waals surface area (Å²) in [4.78, 5) is 12.6. The summed E-state index contributed by atoms with van der Waals surface area (Å²) in [7, 11) is 1.49. The zero-order chi connectivity index (χ0) is 41.0. The van der Waals surface area contributed by atoms with Gasteiger partial charge in [0, 0.05) is 22.5 Å². The van der Waals surface area contributed by atoms with E-state index in [1.807, 2.05) is 18.2 Å². The van der Waals surface area contributed by atoms with Crippen LogP contribution in [-0.4, -0.2) is 62.2 Å². The molecule has 2 aromatic carbocycles. The van der Waals surface area contributed by atoms with Crippen LogP contribution < -0.4 is 20.9 Å². The third-order valence-corrected chi connectivity index (χ3v) is 8.40.